The van der Waals surface area contributed by atoms with Crippen LogP contribution in [-0.4, -0.2) is 58.7 Å². The van der Waals surface area contributed by atoms with Crippen LogP contribution in [0.2, 0.25) is 0 Å². The van der Waals surface area contributed by atoms with E-state index in [9.17, 15) is 23.9 Å². The molecule has 0 saturated carbocycles. The summed E-state index contributed by atoms with van der Waals surface area (Å²) in [5, 5.41) is 20.8. The van der Waals surface area contributed by atoms with Crippen molar-refractivity contribution in [2.45, 2.75) is 30.2 Å². The highest BCUT2D eigenvalue weighted by Gasteiger charge is 2.34. The van der Waals surface area contributed by atoms with Gasteiger partial charge >= 0.3 is 5.97 Å². The zero-order chi connectivity index (χ0) is 26.4. The van der Waals surface area contributed by atoms with Crippen LogP contribution in [0.5, 0.6) is 5.75 Å². The van der Waals surface area contributed by atoms with Crippen LogP contribution in [-0.2, 0) is 4.79 Å². The first kappa shape index (κ1) is 27.3. The topological polar surface area (TPSA) is 94.9 Å². The number of likely N-dealkylation sites (tertiary alicyclic amines) is 1. The summed E-state index contributed by atoms with van der Waals surface area (Å²) in [5.74, 6) is -1.14. The molecule has 10 heteroatoms. The van der Waals surface area contributed by atoms with Crippen molar-refractivity contribution in [3.8, 4) is 5.75 Å². The van der Waals surface area contributed by atoms with Crippen LogP contribution in [0.1, 0.15) is 30.9 Å². The molecule has 3 aromatic rings. The zero-order valence-electron chi connectivity index (χ0n) is 20.6. The van der Waals surface area contributed by atoms with Crippen LogP contribution in [0.4, 0.5) is 8.78 Å². The normalized spacial score (nSPS) is 19.1. The third-order valence-corrected chi connectivity index (χ3v) is 8.07. The van der Waals surface area contributed by atoms with Gasteiger partial charge in [0.15, 0.2) is 0 Å². The number of methoxy groups -OCH3 is 1. The van der Waals surface area contributed by atoms with Gasteiger partial charge in [-0.1, -0.05) is 0 Å². The van der Waals surface area contributed by atoms with Crippen molar-refractivity contribution in [1.82, 2.24) is 15.4 Å². The Labute approximate surface area is 218 Å². The Kier molecular flexibility index (Phi) is 9.31. The molecule has 1 aromatic heterocycles. The summed E-state index contributed by atoms with van der Waals surface area (Å²) in [6.07, 6.45) is 3.58. The van der Waals surface area contributed by atoms with Crippen molar-refractivity contribution >= 4 is 28.6 Å². The Hall–Kier alpha value is -2.79. The lowest BCUT2D eigenvalue weighted by Crippen LogP contribution is -2.44. The third kappa shape index (κ3) is 6.75. The minimum atomic E-state index is -0.842. The molecule has 0 aliphatic carbocycles. The van der Waals surface area contributed by atoms with E-state index in [1.165, 1.54) is 17.8 Å². The number of ether oxygens (including phenoxy) is 1. The number of benzene rings is 2. The average Bonchev–Trinajstić information content (AvgIpc) is 2.91. The molecule has 3 atom stereocenters. The molecule has 2 heterocycles. The summed E-state index contributed by atoms with van der Waals surface area (Å²) in [6.45, 7) is 1.72. The summed E-state index contributed by atoms with van der Waals surface area (Å²) in [5.41, 5.74) is 4.06. The van der Waals surface area contributed by atoms with Crippen molar-refractivity contribution in [2.24, 2.45) is 11.8 Å². The molecule has 0 unspecified atom stereocenters. The second kappa shape index (κ2) is 12.6. The lowest BCUT2D eigenvalue weighted by molar-refractivity contribution is -0.146. The van der Waals surface area contributed by atoms with Gasteiger partial charge in [-0.2, -0.15) is 5.48 Å². The number of aliphatic carboxylic acids is 1. The standard InChI is InChI=1S/C27H31F2N3O4S/c1-36-19-4-7-24-21(15-19)20(8-10-30-24)25(31-35)6-2-17-9-11-32(16-22(17)27(33)34)12-13-37-26-14-18(28)3-5-23(26)29/h3-5,7-8,10,14-15,17,22,25,31,35H,2,6,9,11-13,16H2,1H3,(H,33,34)/t17-,22+,25+/m1/s1. The number of nitrogens with zero attached hydrogens (tertiary/aromatic N) is 2. The molecule has 0 radical (unpaired) electrons. The van der Waals surface area contributed by atoms with E-state index in [2.05, 4.69) is 15.4 Å². The van der Waals surface area contributed by atoms with Crippen LogP contribution in [0, 0.1) is 23.5 Å². The summed E-state index contributed by atoms with van der Waals surface area (Å²) < 4.78 is 32.6. The molecule has 198 valence electrons. The highest BCUT2D eigenvalue weighted by atomic mass is 32.2. The number of carboxylic acid groups (broad SMARTS) is 1. The Morgan fingerprint density at radius 1 is 1.27 bits per heavy atom. The number of hydroxylamine groups is 1. The molecule has 0 spiro atoms. The molecule has 1 aliphatic heterocycles. The fourth-order valence-electron chi connectivity index (χ4n) is 5.02. The molecular weight excluding hydrogens is 500 g/mol. The molecule has 0 amide bonds. The Morgan fingerprint density at radius 2 is 2.11 bits per heavy atom. The first-order valence-corrected chi connectivity index (χ1v) is 13.2. The number of piperidine rings is 1. The van der Waals surface area contributed by atoms with Crippen LogP contribution < -0.4 is 10.2 Å². The second-order valence-corrected chi connectivity index (χ2v) is 10.4. The van der Waals surface area contributed by atoms with Gasteiger partial charge in [-0.25, -0.2) is 8.78 Å². The van der Waals surface area contributed by atoms with E-state index in [1.54, 1.807) is 13.3 Å². The summed E-state index contributed by atoms with van der Waals surface area (Å²) in [4.78, 5) is 18.8. The third-order valence-electron chi connectivity index (χ3n) is 7.06. The van der Waals surface area contributed by atoms with E-state index in [-0.39, 0.29) is 16.9 Å². The fourth-order valence-corrected chi connectivity index (χ4v) is 5.99. The van der Waals surface area contributed by atoms with Crippen molar-refractivity contribution in [2.75, 3.05) is 32.5 Å². The SMILES string of the molecule is COc1ccc2nccc([C@H](CC[C@@H]3CCN(CCSc4cc(F)ccc4F)C[C@@H]3C(=O)O)NO)c2c1. The maximum Gasteiger partial charge on any atom is 0.308 e. The van der Waals surface area contributed by atoms with Gasteiger partial charge in [0.1, 0.15) is 17.4 Å². The first-order valence-electron chi connectivity index (χ1n) is 12.2. The molecule has 0 bridgehead atoms. The van der Waals surface area contributed by atoms with Crippen molar-refractivity contribution in [3.05, 3.63) is 65.9 Å². The quantitative estimate of drug-likeness (QED) is 0.231. The molecule has 1 aliphatic rings. The minimum Gasteiger partial charge on any atom is -0.497 e. The van der Waals surface area contributed by atoms with Gasteiger partial charge in [-0.3, -0.25) is 9.78 Å². The summed E-state index contributed by atoms with van der Waals surface area (Å²) >= 11 is 1.23. The number of pyridine rings is 1. The molecule has 7 nitrogen and oxygen atoms in total. The maximum atomic E-state index is 13.9. The van der Waals surface area contributed by atoms with Gasteiger partial charge in [0.25, 0.3) is 0 Å². The number of hydrogen-bond acceptors (Lipinski definition) is 7. The highest BCUT2D eigenvalue weighted by Crippen LogP contribution is 2.34. The van der Waals surface area contributed by atoms with Crippen LogP contribution in [0.15, 0.2) is 53.6 Å². The van der Waals surface area contributed by atoms with Crippen LogP contribution in [0.3, 0.4) is 0 Å². The number of halogens is 2. The fraction of sp³-hybridized carbons (Fsp3) is 0.407. The molecular formula is C27H31F2N3O4S. The van der Waals surface area contributed by atoms with Crippen LogP contribution in [0.25, 0.3) is 10.9 Å². The van der Waals surface area contributed by atoms with Gasteiger partial charge < -0.3 is 20.0 Å². The molecule has 4 rings (SSSR count). The number of nitrogens with one attached hydrogen (secondary N) is 1. The molecule has 3 N–H and O–H groups in total. The molecule has 1 fully saturated rings. The van der Waals surface area contributed by atoms with Crippen LogP contribution >= 0.6 is 11.8 Å². The first-order chi connectivity index (χ1) is 17.9. The van der Waals surface area contributed by atoms with Crippen molar-refractivity contribution in [3.63, 3.8) is 0 Å². The molecule has 2 aromatic carbocycles. The van der Waals surface area contributed by atoms with Gasteiger partial charge in [0.2, 0.25) is 0 Å². The minimum absolute atomic E-state index is 0.0412. The van der Waals surface area contributed by atoms with E-state index in [0.29, 0.717) is 43.9 Å². The van der Waals surface area contributed by atoms with E-state index in [0.717, 1.165) is 35.1 Å². The number of fused-ring (bicyclic) bond motifs is 1. The van der Waals surface area contributed by atoms with Crippen molar-refractivity contribution in [1.29, 1.82) is 0 Å². The molecule has 37 heavy (non-hydrogen) atoms. The van der Waals surface area contributed by atoms with Crippen molar-refractivity contribution < 1.29 is 28.6 Å². The van der Waals surface area contributed by atoms with E-state index in [1.807, 2.05) is 24.3 Å². The predicted molar refractivity (Wildman–Crippen MR) is 138 cm³/mol. The average molecular weight is 532 g/mol. The van der Waals surface area contributed by atoms with Gasteiger partial charge in [-0.15, -0.1) is 11.8 Å². The number of rotatable bonds is 11. The maximum absolute atomic E-state index is 13.9. The molecule has 1 saturated heterocycles. The monoisotopic (exact) mass is 531 g/mol. The van der Waals surface area contributed by atoms with Gasteiger partial charge in [0.05, 0.1) is 24.6 Å². The predicted octanol–water partition coefficient (Wildman–Crippen LogP) is 5.14. The largest absolute Gasteiger partial charge is 0.497 e. The number of thioether (sulfide) groups is 1. The zero-order valence-corrected chi connectivity index (χ0v) is 21.4. The van der Waals surface area contributed by atoms with Gasteiger partial charge in [0, 0.05) is 35.3 Å². The second-order valence-electron chi connectivity index (χ2n) is 9.26. The number of aromatic nitrogens is 1. The Morgan fingerprint density at radius 3 is 2.86 bits per heavy atom. The lowest BCUT2D eigenvalue weighted by Gasteiger charge is -2.37. The van der Waals surface area contributed by atoms with E-state index in [4.69, 9.17) is 4.74 Å². The van der Waals surface area contributed by atoms with Gasteiger partial charge in [-0.05, 0) is 79.8 Å². The number of carboxylic acids is 1. The highest BCUT2D eigenvalue weighted by molar-refractivity contribution is 7.99. The smallest absolute Gasteiger partial charge is 0.308 e. The van der Waals surface area contributed by atoms with E-state index >= 15 is 0 Å². The Balaban J connectivity index is 1.36. The van der Waals surface area contributed by atoms with E-state index < -0.39 is 23.5 Å². The summed E-state index contributed by atoms with van der Waals surface area (Å²) in [6, 6.07) is 10.4. The Bertz CT molecular complexity index is 1230. The number of carbonyl (C=O) groups is 1. The summed E-state index contributed by atoms with van der Waals surface area (Å²) in [7, 11) is 1.59. The number of hydrogen-bond donors (Lipinski definition) is 3. The lowest BCUT2D eigenvalue weighted by atomic mass is 9.81.